The van der Waals surface area contributed by atoms with E-state index in [1.165, 1.54) is 6.07 Å². The van der Waals surface area contributed by atoms with Crippen LogP contribution in [0.5, 0.6) is 11.5 Å². The first-order valence-electron chi connectivity index (χ1n) is 10.4. The van der Waals surface area contributed by atoms with Crippen LogP contribution in [0.4, 0.5) is 13.2 Å². The van der Waals surface area contributed by atoms with E-state index in [-0.39, 0.29) is 10.6 Å². The molecule has 174 valence electrons. The molecular weight excluding hydrogens is 447 g/mol. The molecule has 0 aliphatic carbocycles. The molecule has 3 rings (SSSR count). The molecule has 5 nitrogen and oxygen atoms in total. The van der Waals surface area contributed by atoms with Crippen molar-refractivity contribution in [1.82, 2.24) is 4.90 Å². The number of halogens is 4. The van der Waals surface area contributed by atoms with Crippen LogP contribution in [-0.2, 0) is 11.0 Å². The predicted octanol–water partition coefficient (Wildman–Crippen LogP) is 5.79. The van der Waals surface area contributed by atoms with Gasteiger partial charge < -0.3 is 14.6 Å². The Balaban J connectivity index is 2.19. The van der Waals surface area contributed by atoms with E-state index < -0.39 is 29.8 Å². The van der Waals surface area contributed by atoms with E-state index in [2.05, 4.69) is 0 Å². The van der Waals surface area contributed by atoms with Crippen molar-refractivity contribution in [2.45, 2.75) is 44.9 Å². The highest BCUT2D eigenvalue weighted by Gasteiger charge is 2.39. The number of carboxylic acids is 1. The third-order valence-electron chi connectivity index (χ3n) is 5.41. The van der Waals surface area contributed by atoms with Gasteiger partial charge in [-0.05, 0) is 68.1 Å². The fourth-order valence-corrected chi connectivity index (χ4v) is 4.30. The van der Waals surface area contributed by atoms with Crippen LogP contribution >= 0.6 is 11.6 Å². The lowest BCUT2D eigenvalue weighted by Gasteiger charge is -2.33. The number of ether oxygens (including phenoxy) is 2. The maximum atomic E-state index is 13.5. The second-order valence-corrected chi connectivity index (χ2v) is 7.85. The summed E-state index contributed by atoms with van der Waals surface area (Å²) in [6, 6.07) is 6.57. The van der Waals surface area contributed by atoms with Crippen molar-refractivity contribution < 1.29 is 32.5 Å². The van der Waals surface area contributed by atoms with Gasteiger partial charge in [0, 0.05) is 11.6 Å². The van der Waals surface area contributed by atoms with Crippen molar-refractivity contribution in [3.05, 3.63) is 58.1 Å². The summed E-state index contributed by atoms with van der Waals surface area (Å²) in [5, 5.41) is 9.86. The van der Waals surface area contributed by atoms with E-state index in [0.29, 0.717) is 49.7 Å². The first-order chi connectivity index (χ1) is 15.2. The average molecular weight is 472 g/mol. The Hall–Kier alpha value is -2.45. The van der Waals surface area contributed by atoms with E-state index in [9.17, 15) is 23.1 Å². The molecule has 1 fully saturated rings. The smallest absolute Gasteiger partial charge is 0.416 e. The van der Waals surface area contributed by atoms with Gasteiger partial charge in [0.25, 0.3) is 0 Å². The quantitative estimate of drug-likeness (QED) is 0.527. The molecule has 0 amide bonds. The molecule has 0 bridgehead atoms. The van der Waals surface area contributed by atoms with Crippen molar-refractivity contribution in [3.63, 3.8) is 0 Å². The molecule has 1 aliphatic heterocycles. The summed E-state index contributed by atoms with van der Waals surface area (Å²) in [5.41, 5.74) is -0.0727. The van der Waals surface area contributed by atoms with Gasteiger partial charge >= 0.3 is 12.1 Å². The minimum atomic E-state index is -4.56. The second kappa shape index (κ2) is 10.0. The molecule has 1 heterocycles. The lowest BCUT2D eigenvalue weighted by molar-refractivity contribution is -0.143. The fraction of sp³-hybridized carbons (Fsp3) is 0.435. The summed E-state index contributed by atoms with van der Waals surface area (Å²) < 4.78 is 51.7. The van der Waals surface area contributed by atoms with Gasteiger partial charge in [-0.2, -0.15) is 13.2 Å². The molecule has 2 aromatic carbocycles. The molecule has 2 aromatic rings. The largest absolute Gasteiger partial charge is 0.490 e. The summed E-state index contributed by atoms with van der Waals surface area (Å²) in [5.74, 6) is -0.0826. The highest BCUT2D eigenvalue weighted by atomic mass is 35.5. The highest BCUT2D eigenvalue weighted by molar-refractivity contribution is 6.31. The number of hydrogen-bond acceptors (Lipinski definition) is 4. The number of alkyl halides is 3. The summed E-state index contributed by atoms with van der Waals surface area (Å²) >= 11 is 6.38. The Morgan fingerprint density at radius 2 is 1.84 bits per heavy atom. The topological polar surface area (TPSA) is 59.0 Å². The molecule has 1 saturated heterocycles. The van der Waals surface area contributed by atoms with Gasteiger partial charge in [0.1, 0.15) is 6.04 Å². The molecule has 32 heavy (non-hydrogen) atoms. The van der Waals surface area contributed by atoms with Crippen molar-refractivity contribution >= 4 is 17.6 Å². The molecular formula is C23H25ClF3NO4. The minimum absolute atomic E-state index is 0.130. The number of nitrogens with zero attached hydrogens (tertiary/aromatic N) is 1. The van der Waals surface area contributed by atoms with E-state index in [4.69, 9.17) is 21.1 Å². The molecule has 0 saturated carbocycles. The Bertz CT molecular complexity index is 967. The third-order valence-corrected chi connectivity index (χ3v) is 5.76. The van der Waals surface area contributed by atoms with E-state index in [1.807, 2.05) is 13.8 Å². The SMILES string of the molecule is CCOc1ccc(C(c2cc(C(F)(F)F)ccc2Cl)N2CCCC2C(=O)O)cc1OCC. The second-order valence-electron chi connectivity index (χ2n) is 7.44. The van der Waals surface area contributed by atoms with E-state index in [0.717, 1.165) is 12.1 Å². The predicted molar refractivity (Wildman–Crippen MR) is 114 cm³/mol. The molecule has 2 unspecified atom stereocenters. The Morgan fingerprint density at radius 3 is 2.47 bits per heavy atom. The van der Waals surface area contributed by atoms with Crippen LogP contribution in [0.1, 0.15) is 49.4 Å². The lowest BCUT2D eigenvalue weighted by atomic mass is 9.94. The summed E-state index contributed by atoms with van der Waals surface area (Å²) in [6.45, 7) is 4.82. The van der Waals surface area contributed by atoms with E-state index in [1.54, 1.807) is 23.1 Å². The van der Waals surface area contributed by atoms with Gasteiger partial charge in [-0.25, -0.2) is 0 Å². The number of carboxylic acid groups (broad SMARTS) is 1. The normalized spacial score (nSPS) is 17.9. The molecule has 9 heteroatoms. The lowest BCUT2D eigenvalue weighted by Crippen LogP contribution is -2.39. The van der Waals surface area contributed by atoms with Gasteiger partial charge in [0.2, 0.25) is 0 Å². The number of benzene rings is 2. The van der Waals surface area contributed by atoms with E-state index >= 15 is 0 Å². The van der Waals surface area contributed by atoms with Crippen LogP contribution < -0.4 is 9.47 Å². The zero-order valence-corrected chi connectivity index (χ0v) is 18.5. The maximum Gasteiger partial charge on any atom is 0.416 e. The van der Waals surface area contributed by atoms with Crippen molar-refractivity contribution in [1.29, 1.82) is 0 Å². The molecule has 2 atom stereocenters. The minimum Gasteiger partial charge on any atom is -0.490 e. The molecule has 0 aromatic heterocycles. The zero-order chi connectivity index (χ0) is 23.5. The summed E-state index contributed by atoms with van der Waals surface area (Å²) in [4.78, 5) is 13.6. The Kier molecular flexibility index (Phi) is 7.56. The Morgan fingerprint density at radius 1 is 1.16 bits per heavy atom. The van der Waals surface area contributed by atoms with Crippen molar-refractivity contribution in [2.24, 2.45) is 0 Å². The fourth-order valence-electron chi connectivity index (χ4n) is 4.08. The van der Waals surface area contributed by atoms with Crippen LogP contribution in [0, 0.1) is 0 Å². The van der Waals surface area contributed by atoms with Gasteiger partial charge in [0.05, 0.1) is 24.8 Å². The number of carbonyl (C=O) groups is 1. The first-order valence-corrected chi connectivity index (χ1v) is 10.8. The average Bonchev–Trinajstić information content (AvgIpc) is 3.20. The van der Waals surface area contributed by atoms with Crippen LogP contribution in [0.25, 0.3) is 0 Å². The van der Waals surface area contributed by atoms with Crippen molar-refractivity contribution in [2.75, 3.05) is 19.8 Å². The van der Waals surface area contributed by atoms with Gasteiger partial charge in [0.15, 0.2) is 11.5 Å². The Labute approximate surface area is 189 Å². The van der Waals surface area contributed by atoms with Gasteiger partial charge in [-0.1, -0.05) is 17.7 Å². The van der Waals surface area contributed by atoms with Gasteiger partial charge in [-0.3, -0.25) is 9.69 Å². The van der Waals surface area contributed by atoms with Gasteiger partial charge in [-0.15, -0.1) is 0 Å². The molecule has 0 radical (unpaired) electrons. The highest BCUT2D eigenvalue weighted by Crippen LogP contribution is 2.42. The summed E-state index contributed by atoms with van der Waals surface area (Å²) in [7, 11) is 0. The van der Waals surface area contributed by atoms with Crippen LogP contribution in [0.3, 0.4) is 0 Å². The molecule has 0 spiro atoms. The van der Waals surface area contributed by atoms with Crippen LogP contribution in [-0.4, -0.2) is 41.8 Å². The van der Waals surface area contributed by atoms with Crippen LogP contribution in [0.2, 0.25) is 5.02 Å². The standard InChI is InChI=1S/C23H25ClF3NO4/c1-3-31-19-10-7-14(12-20(19)32-4-2)21(28-11-5-6-18(28)22(29)30)16-13-15(23(25,26)27)8-9-17(16)24/h7-10,12-13,18,21H,3-6,11H2,1-2H3,(H,29,30). The molecule has 1 aliphatic rings. The third kappa shape index (κ3) is 5.13. The zero-order valence-electron chi connectivity index (χ0n) is 17.8. The monoisotopic (exact) mass is 471 g/mol. The summed E-state index contributed by atoms with van der Waals surface area (Å²) in [6.07, 6.45) is -3.55. The molecule has 1 N–H and O–H groups in total. The number of aliphatic carboxylic acids is 1. The number of rotatable bonds is 8. The number of likely N-dealkylation sites (tertiary alicyclic amines) is 1. The number of hydrogen-bond donors (Lipinski definition) is 1. The first kappa shape index (κ1) is 24.2. The van der Waals surface area contributed by atoms with Crippen LogP contribution in [0.15, 0.2) is 36.4 Å². The van der Waals surface area contributed by atoms with Crippen molar-refractivity contribution in [3.8, 4) is 11.5 Å². The maximum absolute atomic E-state index is 13.5.